The third-order valence-electron chi connectivity index (χ3n) is 3.17. The third kappa shape index (κ3) is 6.02. The maximum absolute atomic E-state index is 12.2. The fraction of sp³-hybridized carbons (Fsp3) is 0.222. The molecule has 2 aromatic rings. The number of benzene rings is 2. The molecule has 0 fully saturated rings. The van der Waals surface area contributed by atoms with Gasteiger partial charge in [0.05, 0.1) is 5.56 Å². The van der Waals surface area contributed by atoms with Crippen molar-refractivity contribution in [3.8, 4) is 17.6 Å². The van der Waals surface area contributed by atoms with E-state index >= 15 is 0 Å². The summed E-state index contributed by atoms with van der Waals surface area (Å²) in [7, 11) is 0. The molecule has 0 aromatic heterocycles. The van der Waals surface area contributed by atoms with Gasteiger partial charge < -0.3 is 14.8 Å². The molecule has 136 valence electrons. The van der Waals surface area contributed by atoms with Crippen LogP contribution in [-0.4, -0.2) is 25.3 Å². The van der Waals surface area contributed by atoms with E-state index in [4.69, 9.17) is 10.00 Å². The van der Waals surface area contributed by atoms with Gasteiger partial charge in [0.15, 0.2) is 13.2 Å². The summed E-state index contributed by atoms with van der Waals surface area (Å²) in [6.45, 7) is 0.167. The lowest BCUT2D eigenvalue weighted by molar-refractivity contribution is -0.153. The number of rotatable bonds is 6. The number of aryl methyl sites for hydroxylation is 1. The monoisotopic (exact) mass is 364 g/mol. The first kappa shape index (κ1) is 19.1. The second-order valence-corrected chi connectivity index (χ2v) is 5.38. The molecule has 1 N–H and O–H groups in total. The van der Waals surface area contributed by atoms with Crippen molar-refractivity contribution < 1.29 is 27.4 Å². The highest BCUT2D eigenvalue weighted by Gasteiger charge is 2.28. The van der Waals surface area contributed by atoms with E-state index in [9.17, 15) is 18.0 Å². The molecule has 0 spiro atoms. The number of anilines is 1. The Morgan fingerprint density at radius 2 is 1.85 bits per heavy atom. The van der Waals surface area contributed by atoms with Gasteiger partial charge in [-0.25, -0.2) is 0 Å². The van der Waals surface area contributed by atoms with E-state index in [-0.39, 0.29) is 23.6 Å². The Kier molecular flexibility index (Phi) is 6.07. The first-order valence-corrected chi connectivity index (χ1v) is 7.50. The van der Waals surface area contributed by atoms with Gasteiger partial charge in [0.2, 0.25) is 0 Å². The molecule has 8 heteroatoms. The number of hydrogen-bond acceptors (Lipinski definition) is 4. The van der Waals surface area contributed by atoms with Gasteiger partial charge >= 0.3 is 6.18 Å². The van der Waals surface area contributed by atoms with Crippen LogP contribution in [0.15, 0.2) is 42.5 Å². The van der Waals surface area contributed by atoms with Crippen LogP contribution in [0.4, 0.5) is 18.9 Å². The Bertz CT molecular complexity index is 812. The second kappa shape index (κ2) is 8.25. The summed E-state index contributed by atoms with van der Waals surface area (Å²) in [4.78, 5) is 11.9. The molecule has 1 amide bonds. The molecule has 2 aromatic carbocycles. The minimum absolute atomic E-state index is 0.119. The molecule has 0 atom stereocenters. The molecule has 0 bridgehead atoms. The number of nitrogens with zero attached hydrogens (tertiary/aromatic N) is 1. The van der Waals surface area contributed by atoms with Gasteiger partial charge in [-0.1, -0.05) is 17.7 Å². The summed E-state index contributed by atoms with van der Waals surface area (Å²) in [5.41, 5.74) is 1.18. The zero-order chi connectivity index (χ0) is 19.2. The quantitative estimate of drug-likeness (QED) is 0.846. The lowest BCUT2D eigenvalue weighted by Gasteiger charge is -2.12. The summed E-state index contributed by atoms with van der Waals surface area (Å²) < 4.78 is 46.5. The molecule has 0 unspecified atom stereocenters. The highest BCUT2D eigenvalue weighted by atomic mass is 19.4. The number of alkyl halides is 3. The number of ether oxygens (including phenoxy) is 2. The Labute approximate surface area is 148 Å². The Hall–Kier alpha value is -3.21. The van der Waals surface area contributed by atoms with Crippen molar-refractivity contribution in [1.82, 2.24) is 0 Å². The molecule has 0 aliphatic heterocycles. The average molecular weight is 364 g/mol. The standard InChI is InChI=1S/C18H15F3N2O3/c1-12-2-5-15(6-3-12)25-10-17(24)23-14-4-7-16(13(8-14)9-22)26-11-18(19,20)21/h2-8H,10-11H2,1H3,(H,23,24). The minimum Gasteiger partial charge on any atom is -0.484 e. The predicted octanol–water partition coefficient (Wildman–Crippen LogP) is 3.83. The highest BCUT2D eigenvalue weighted by Crippen LogP contribution is 2.25. The molecule has 0 saturated carbocycles. The van der Waals surface area contributed by atoms with E-state index in [1.807, 2.05) is 19.1 Å². The van der Waals surface area contributed by atoms with Crippen molar-refractivity contribution in [2.75, 3.05) is 18.5 Å². The van der Waals surface area contributed by atoms with Gasteiger partial charge in [0.1, 0.15) is 17.6 Å². The van der Waals surface area contributed by atoms with Crippen LogP contribution in [-0.2, 0) is 4.79 Å². The van der Waals surface area contributed by atoms with Crippen LogP contribution >= 0.6 is 0 Å². The van der Waals surface area contributed by atoms with E-state index in [1.165, 1.54) is 18.2 Å². The molecule has 5 nitrogen and oxygen atoms in total. The first-order chi connectivity index (χ1) is 12.3. The van der Waals surface area contributed by atoms with E-state index in [0.29, 0.717) is 5.75 Å². The van der Waals surface area contributed by atoms with Crippen molar-refractivity contribution in [1.29, 1.82) is 5.26 Å². The summed E-state index contributed by atoms with van der Waals surface area (Å²) >= 11 is 0. The molecule has 2 rings (SSSR count). The van der Waals surface area contributed by atoms with Gasteiger partial charge in [-0.05, 0) is 37.3 Å². The van der Waals surface area contributed by atoms with Gasteiger partial charge in [-0.3, -0.25) is 4.79 Å². The zero-order valence-electron chi connectivity index (χ0n) is 13.8. The van der Waals surface area contributed by atoms with E-state index < -0.39 is 18.7 Å². The van der Waals surface area contributed by atoms with Crippen molar-refractivity contribution in [2.45, 2.75) is 13.1 Å². The number of nitriles is 1. The van der Waals surface area contributed by atoms with Crippen LogP contribution in [0, 0.1) is 18.3 Å². The van der Waals surface area contributed by atoms with Gasteiger partial charge in [0, 0.05) is 5.69 Å². The SMILES string of the molecule is Cc1ccc(OCC(=O)Nc2ccc(OCC(F)(F)F)c(C#N)c2)cc1. The van der Waals surface area contributed by atoms with Gasteiger partial charge in [-0.2, -0.15) is 18.4 Å². The third-order valence-corrected chi connectivity index (χ3v) is 3.17. The number of nitrogens with one attached hydrogen (secondary N) is 1. The molecule has 26 heavy (non-hydrogen) atoms. The van der Waals surface area contributed by atoms with Crippen molar-refractivity contribution in [3.63, 3.8) is 0 Å². The van der Waals surface area contributed by atoms with Crippen LogP contribution in [0.2, 0.25) is 0 Å². The summed E-state index contributed by atoms with van der Waals surface area (Å²) in [5.74, 6) is -0.156. The first-order valence-electron chi connectivity index (χ1n) is 7.50. The van der Waals surface area contributed by atoms with E-state index in [0.717, 1.165) is 5.56 Å². The lowest BCUT2D eigenvalue weighted by atomic mass is 10.2. The van der Waals surface area contributed by atoms with Crippen LogP contribution in [0.1, 0.15) is 11.1 Å². The maximum Gasteiger partial charge on any atom is 0.422 e. The summed E-state index contributed by atoms with van der Waals surface area (Å²) in [5, 5.41) is 11.5. The predicted molar refractivity (Wildman–Crippen MR) is 88.0 cm³/mol. The molecule has 0 aliphatic carbocycles. The van der Waals surface area contributed by atoms with E-state index in [1.54, 1.807) is 18.2 Å². The molecule has 0 radical (unpaired) electrons. The molecule has 0 heterocycles. The minimum atomic E-state index is -4.51. The largest absolute Gasteiger partial charge is 0.484 e. The average Bonchev–Trinajstić information content (AvgIpc) is 2.59. The number of hydrogen-bond donors (Lipinski definition) is 1. The maximum atomic E-state index is 12.2. The fourth-order valence-corrected chi connectivity index (χ4v) is 1.96. The van der Waals surface area contributed by atoms with Crippen LogP contribution < -0.4 is 14.8 Å². The normalized spacial score (nSPS) is 10.7. The van der Waals surface area contributed by atoms with Crippen LogP contribution in [0.25, 0.3) is 0 Å². The second-order valence-electron chi connectivity index (χ2n) is 5.38. The molecule has 0 aliphatic rings. The van der Waals surface area contributed by atoms with Crippen molar-refractivity contribution in [2.24, 2.45) is 0 Å². The highest BCUT2D eigenvalue weighted by molar-refractivity contribution is 5.92. The Morgan fingerprint density at radius 1 is 1.15 bits per heavy atom. The summed E-state index contributed by atoms with van der Waals surface area (Å²) in [6.07, 6.45) is -4.51. The smallest absolute Gasteiger partial charge is 0.422 e. The van der Waals surface area contributed by atoms with E-state index in [2.05, 4.69) is 10.1 Å². The number of amides is 1. The Morgan fingerprint density at radius 3 is 2.46 bits per heavy atom. The summed E-state index contributed by atoms with van der Waals surface area (Å²) in [6, 6.07) is 12.6. The number of carbonyl (C=O) groups is 1. The zero-order valence-corrected chi connectivity index (χ0v) is 13.8. The van der Waals surface area contributed by atoms with Crippen molar-refractivity contribution >= 4 is 11.6 Å². The molecular formula is C18H15F3N2O3. The van der Waals surface area contributed by atoms with Gasteiger partial charge in [0.25, 0.3) is 5.91 Å². The van der Waals surface area contributed by atoms with Gasteiger partial charge in [-0.15, -0.1) is 0 Å². The fourth-order valence-electron chi connectivity index (χ4n) is 1.96. The number of halogens is 3. The molecular weight excluding hydrogens is 349 g/mol. The van der Waals surface area contributed by atoms with Crippen molar-refractivity contribution in [3.05, 3.63) is 53.6 Å². The Balaban J connectivity index is 1.95. The number of carbonyl (C=O) groups excluding carboxylic acids is 1. The molecule has 0 saturated heterocycles. The van der Waals surface area contributed by atoms with Crippen LogP contribution in [0.3, 0.4) is 0 Å². The van der Waals surface area contributed by atoms with Crippen LogP contribution in [0.5, 0.6) is 11.5 Å². The topological polar surface area (TPSA) is 71.3 Å². The lowest BCUT2D eigenvalue weighted by Crippen LogP contribution is -2.21.